The van der Waals surface area contributed by atoms with Crippen molar-refractivity contribution in [3.05, 3.63) is 28.2 Å². The average molecular weight is 400 g/mol. The van der Waals surface area contributed by atoms with Gasteiger partial charge in [0.25, 0.3) is 0 Å². The zero-order valence-corrected chi connectivity index (χ0v) is 16.9. The fourth-order valence-corrected chi connectivity index (χ4v) is 3.60. The van der Waals surface area contributed by atoms with E-state index < -0.39 is 6.04 Å². The Bertz CT molecular complexity index is 611. The third-order valence-corrected chi connectivity index (χ3v) is 5.49. The molecule has 1 atom stereocenters. The van der Waals surface area contributed by atoms with E-state index in [-0.39, 0.29) is 24.4 Å². The second-order valence-corrected chi connectivity index (χ2v) is 7.75. The van der Waals surface area contributed by atoms with Crippen LogP contribution in [0.25, 0.3) is 0 Å². The summed E-state index contributed by atoms with van der Waals surface area (Å²) in [6, 6.07) is 4.89. The number of hydrogen-bond acceptors (Lipinski definition) is 3. The van der Waals surface area contributed by atoms with Crippen molar-refractivity contribution >= 4 is 40.7 Å². The third kappa shape index (κ3) is 6.15. The van der Waals surface area contributed by atoms with Gasteiger partial charge in [0.1, 0.15) is 0 Å². The van der Waals surface area contributed by atoms with E-state index >= 15 is 0 Å². The van der Waals surface area contributed by atoms with Gasteiger partial charge in [0.15, 0.2) is 0 Å². The first-order chi connectivity index (χ1) is 12.4. The molecule has 0 aliphatic heterocycles. The standard InChI is InChI=1S/C19H27Cl2N3O2/c1-13(19(26)22-14-8-5-3-4-6-9-14)24(2)12-17(25)23-18-15(20)10-7-11-16(18)21/h7,10-11,13-14H,3-6,8-9,12H2,1-2H3,(H,22,26)(H,23,25). The summed E-state index contributed by atoms with van der Waals surface area (Å²) in [5.74, 6) is -0.306. The molecule has 1 aliphatic rings. The summed E-state index contributed by atoms with van der Waals surface area (Å²) < 4.78 is 0. The molecular weight excluding hydrogens is 373 g/mol. The van der Waals surface area contributed by atoms with Gasteiger partial charge in [-0.15, -0.1) is 0 Å². The number of para-hydroxylation sites is 1. The minimum Gasteiger partial charge on any atom is -0.352 e. The lowest BCUT2D eigenvalue weighted by molar-refractivity contribution is -0.127. The summed E-state index contributed by atoms with van der Waals surface area (Å²) in [6.45, 7) is 1.88. The number of anilines is 1. The fraction of sp³-hybridized carbons (Fsp3) is 0.579. The number of carbonyl (C=O) groups excluding carboxylic acids is 2. The molecule has 26 heavy (non-hydrogen) atoms. The van der Waals surface area contributed by atoms with Crippen LogP contribution in [0.15, 0.2) is 18.2 Å². The highest BCUT2D eigenvalue weighted by molar-refractivity contribution is 6.39. The van der Waals surface area contributed by atoms with Gasteiger partial charge in [-0.1, -0.05) is 55.0 Å². The molecule has 1 aliphatic carbocycles. The summed E-state index contributed by atoms with van der Waals surface area (Å²) in [5.41, 5.74) is 0.393. The van der Waals surface area contributed by atoms with Gasteiger partial charge in [-0.2, -0.15) is 0 Å². The molecule has 0 radical (unpaired) electrons. The summed E-state index contributed by atoms with van der Waals surface area (Å²) in [7, 11) is 1.76. The fourth-order valence-electron chi connectivity index (χ4n) is 3.11. The topological polar surface area (TPSA) is 61.4 Å². The lowest BCUT2D eigenvalue weighted by Gasteiger charge is -2.26. The van der Waals surface area contributed by atoms with Crippen molar-refractivity contribution in [3.8, 4) is 0 Å². The summed E-state index contributed by atoms with van der Waals surface area (Å²) >= 11 is 12.1. The van der Waals surface area contributed by atoms with Crippen LogP contribution in [0.2, 0.25) is 10.0 Å². The molecule has 7 heteroatoms. The van der Waals surface area contributed by atoms with E-state index in [2.05, 4.69) is 10.6 Å². The van der Waals surface area contributed by atoms with Gasteiger partial charge in [-0.05, 0) is 38.9 Å². The molecule has 1 aromatic carbocycles. The highest BCUT2D eigenvalue weighted by atomic mass is 35.5. The first kappa shape index (κ1) is 21.0. The number of likely N-dealkylation sites (N-methyl/N-ethyl adjacent to an activating group) is 1. The molecule has 5 nitrogen and oxygen atoms in total. The molecule has 1 aromatic rings. The van der Waals surface area contributed by atoms with Crippen molar-refractivity contribution in [1.82, 2.24) is 10.2 Å². The molecule has 144 valence electrons. The Hall–Kier alpha value is -1.30. The smallest absolute Gasteiger partial charge is 0.238 e. The van der Waals surface area contributed by atoms with Crippen LogP contribution < -0.4 is 10.6 Å². The van der Waals surface area contributed by atoms with Crippen molar-refractivity contribution in [3.63, 3.8) is 0 Å². The number of amides is 2. The van der Waals surface area contributed by atoms with Crippen LogP contribution in [0.4, 0.5) is 5.69 Å². The van der Waals surface area contributed by atoms with Crippen molar-refractivity contribution in [1.29, 1.82) is 0 Å². The highest BCUT2D eigenvalue weighted by Crippen LogP contribution is 2.29. The summed E-state index contributed by atoms with van der Waals surface area (Å²) in [5, 5.41) is 6.61. The zero-order chi connectivity index (χ0) is 19.1. The van der Waals surface area contributed by atoms with Crippen LogP contribution in [0, 0.1) is 0 Å². The number of nitrogens with zero attached hydrogens (tertiary/aromatic N) is 1. The van der Waals surface area contributed by atoms with Crippen molar-refractivity contribution in [2.24, 2.45) is 0 Å². The number of rotatable bonds is 6. The van der Waals surface area contributed by atoms with Crippen molar-refractivity contribution < 1.29 is 9.59 Å². The second-order valence-electron chi connectivity index (χ2n) is 6.93. The van der Waals surface area contributed by atoms with E-state index in [1.54, 1.807) is 30.1 Å². The highest BCUT2D eigenvalue weighted by Gasteiger charge is 2.23. The van der Waals surface area contributed by atoms with E-state index in [4.69, 9.17) is 23.2 Å². The summed E-state index contributed by atoms with van der Waals surface area (Å²) in [4.78, 5) is 26.5. The lowest BCUT2D eigenvalue weighted by Crippen LogP contribution is -2.48. The first-order valence-electron chi connectivity index (χ1n) is 9.13. The molecule has 2 amide bonds. The van der Waals surface area contributed by atoms with Crippen LogP contribution in [0.3, 0.4) is 0 Å². The monoisotopic (exact) mass is 399 g/mol. The maximum atomic E-state index is 12.5. The maximum Gasteiger partial charge on any atom is 0.238 e. The Morgan fingerprint density at radius 2 is 1.73 bits per heavy atom. The molecule has 0 heterocycles. The van der Waals surface area contributed by atoms with Crippen molar-refractivity contribution in [2.75, 3.05) is 18.9 Å². The molecular formula is C19H27Cl2N3O2. The molecule has 1 saturated carbocycles. The van der Waals surface area contributed by atoms with Gasteiger partial charge < -0.3 is 10.6 Å². The van der Waals surface area contributed by atoms with Gasteiger partial charge in [-0.25, -0.2) is 0 Å². The van der Waals surface area contributed by atoms with Gasteiger partial charge >= 0.3 is 0 Å². The van der Waals surface area contributed by atoms with E-state index in [9.17, 15) is 9.59 Å². The third-order valence-electron chi connectivity index (χ3n) is 4.86. The number of nitrogens with one attached hydrogen (secondary N) is 2. The van der Waals surface area contributed by atoms with Crippen LogP contribution in [-0.4, -0.2) is 42.4 Å². The molecule has 1 unspecified atom stereocenters. The predicted molar refractivity (Wildman–Crippen MR) is 107 cm³/mol. The van der Waals surface area contributed by atoms with Gasteiger partial charge in [0, 0.05) is 6.04 Å². The van der Waals surface area contributed by atoms with Crippen LogP contribution in [0.5, 0.6) is 0 Å². The van der Waals surface area contributed by atoms with Crippen LogP contribution in [-0.2, 0) is 9.59 Å². The molecule has 0 bridgehead atoms. The Balaban J connectivity index is 1.86. The maximum absolute atomic E-state index is 12.5. The van der Waals surface area contributed by atoms with E-state index in [1.807, 2.05) is 6.92 Å². The molecule has 0 spiro atoms. The Morgan fingerprint density at radius 1 is 1.15 bits per heavy atom. The largest absolute Gasteiger partial charge is 0.352 e. The molecule has 0 aromatic heterocycles. The second kappa shape index (κ2) is 10.1. The quantitative estimate of drug-likeness (QED) is 0.707. The molecule has 2 N–H and O–H groups in total. The van der Waals surface area contributed by atoms with Gasteiger partial charge in [-0.3, -0.25) is 14.5 Å². The SMILES string of the molecule is CC(C(=O)NC1CCCCCC1)N(C)CC(=O)Nc1c(Cl)cccc1Cl. The number of hydrogen-bond donors (Lipinski definition) is 2. The van der Waals surface area contributed by atoms with Crippen LogP contribution >= 0.6 is 23.2 Å². The zero-order valence-electron chi connectivity index (χ0n) is 15.4. The van der Waals surface area contributed by atoms with Gasteiger partial charge in [0.2, 0.25) is 11.8 Å². The van der Waals surface area contributed by atoms with E-state index in [0.29, 0.717) is 15.7 Å². The van der Waals surface area contributed by atoms with Crippen molar-refractivity contribution in [2.45, 2.75) is 57.5 Å². The van der Waals surface area contributed by atoms with Crippen LogP contribution in [0.1, 0.15) is 45.4 Å². The molecule has 2 rings (SSSR count). The minimum absolute atomic E-state index is 0.0389. The lowest BCUT2D eigenvalue weighted by atomic mass is 10.1. The minimum atomic E-state index is -0.397. The number of halogens is 2. The van der Waals surface area contributed by atoms with E-state index in [1.165, 1.54) is 12.8 Å². The molecule has 0 saturated heterocycles. The van der Waals surface area contributed by atoms with E-state index in [0.717, 1.165) is 25.7 Å². The van der Waals surface area contributed by atoms with Gasteiger partial charge in [0.05, 0.1) is 28.3 Å². The Labute approximate surface area is 165 Å². The summed E-state index contributed by atoms with van der Waals surface area (Å²) in [6.07, 6.45) is 6.88. The number of benzene rings is 1. The first-order valence-corrected chi connectivity index (χ1v) is 9.88. The Morgan fingerprint density at radius 3 is 2.31 bits per heavy atom. The predicted octanol–water partition coefficient (Wildman–Crippen LogP) is 4.09. The number of carbonyl (C=O) groups is 2. The average Bonchev–Trinajstić information content (AvgIpc) is 2.86. The normalized spacial score (nSPS) is 16.8. The molecule has 1 fully saturated rings. The Kier molecular flexibility index (Phi) is 8.19.